The number of aromatic nitrogens is 4. The van der Waals surface area contributed by atoms with Gasteiger partial charge in [0.1, 0.15) is 16.4 Å². The molecule has 1 saturated carbocycles. The third kappa shape index (κ3) is 5.35. The first-order valence-corrected chi connectivity index (χ1v) is 12.4. The first kappa shape index (κ1) is 23.8. The minimum Gasteiger partial charge on any atom is -0.481 e. The molecule has 1 aliphatic heterocycles. The van der Waals surface area contributed by atoms with Gasteiger partial charge in [-0.2, -0.15) is 0 Å². The smallest absolute Gasteiger partial charge is 0.236 e. The molecule has 0 aromatic carbocycles. The molecule has 1 fully saturated rings. The summed E-state index contributed by atoms with van der Waals surface area (Å²) in [6, 6.07) is 3.27. The Kier molecular flexibility index (Phi) is 7.04. The first-order valence-electron chi connectivity index (χ1n) is 11.4. The molecule has 0 bridgehead atoms. The number of aliphatic hydroxyl groups excluding tert-OH is 1. The molecule has 1 amide bonds. The van der Waals surface area contributed by atoms with E-state index in [1.165, 1.54) is 25.1 Å². The predicted molar refractivity (Wildman–Crippen MR) is 128 cm³/mol. The molecule has 3 atom stereocenters. The molecule has 0 saturated heterocycles. The van der Waals surface area contributed by atoms with Crippen molar-refractivity contribution in [3.63, 3.8) is 0 Å². The predicted octanol–water partition coefficient (Wildman–Crippen LogP) is 1.63. The van der Waals surface area contributed by atoms with Crippen LogP contribution in [0.1, 0.15) is 24.1 Å². The van der Waals surface area contributed by atoms with Crippen LogP contribution in [0.5, 0.6) is 5.88 Å². The number of methoxy groups -OCH3 is 1. The summed E-state index contributed by atoms with van der Waals surface area (Å²) in [6.07, 6.45) is 3.76. The van der Waals surface area contributed by atoms with E-state index in [9.17, 15) is 14.3 Å². The summed E-state index contributed by atoms with van der Waals surface area (Å²) < 4.78 is 19.7. The third-order valence-electron chi connectivity index (χ3n) is 6.24. The van der Waals surface area contributed by atoms with Crippen LogP contribution in [-0.2, 0) is 17.9 Å². The second-order valence-corrected chi connectivity index (χ2v) is 9.65. The van der Waals surface area contributed by atoms with Gasteiger partial charge in [-0.25, -0.2) is 19.3 Å². The van der Waals surface area contributed by atoms with Crippen molar-refractivity contribution in [3.8, 4) is 5.88 Å². The first-order chi connectivity index (χ1) is 17.0. The maximum absolute atomic E-state index is 14.6. The topological polar surface area (TPSA) is 134 Å². The number of anilines is 1. The van der Waals surface area contributed by atoms with Gasteiger partial charge in [-0.3, -0.25) is 9.78 Å². The van der Waals surface area contributed by atoms with Gasteiger partial charge >= 0.3 is 0 Å². The van der Waals surface area contributed by atoms with E-state index in [-0.39, 0.29) is 24.4 Å². The highest BCUT2D eigenvalue weighted by Gasteiger charge is 2.32. The maximum atomic E-state index is 14.6. The van der Waals surface area contributed by atoms with E-state index in [0.29, 0.717) is 53.6 Å². The van der Waals surface area contributed by atoms with Crippen LogP contribution in [0.4, 0.5) is 10.2 Å². The second-order valence-electron chi connectivity index (χ2n) is 8.68. The Morgan fingerprint density at radius 3 is 2.97 bits per heavy atom. The summed E-state index contributed by atoms with van der Waals surface area (Å²) >= 11 is 1.38. The zero-order valence-electron chi connectivity index (χ0n) is 19.1. The van der Waals surface area contributed by atoms with Gasteiger partial charge in [-0.15, -0.1) is 0 Å². The van der Waals surface area contributed by atoms with E-state index in [1.54, 1.807) is 18.3 Å². The summed E-state index contributed by atoms with van der Waals surface area (Å²) in [4.78, 5) is 28.9. The Morgan fingerprint density at radius 2 is 2.11 bits per heavy atom. The van der Waals surface area contributed by atoms with E-state index in [2.05, 4.69) is 35.9 Å². The van der Waals surface area contributed by atoms with Crippen molar-refractivity contribution in [1.82, 2.24) is 30.6 Å². The number of fused-ring (bicyclic) bond motifs is 2. The largest absolute Gasteiger partial charge is 0.481 e. The van der Waals surface area contributed by atoms with E-state index in [0.717, 1.165) is 17.1 Å². The van der Waals surface area contributed by atoms with Crippen molar-refractivity contribution in [3.05, 3.63) is 41.6 Å². The number of hydrogen-bond acceptors (Lipinski definition) is 10. The lowest BCUT2D eigenvalue weighted by Gasteiger charge is -2.17. The quantitative estimate of drug-likeness (QED) is 0.362. The summed E-state index contributed by atoms with van der Waals surface area (Å²) in [5.41, 5.74) is 2.17. The molecule has 4 heterocycles. The zero-order valence-corrected chi connectivity index (χ0v) is 19.9. The van der Waals surface area contributed by atoms with Crippen molar-refractivity contribution < 1.29 is 19.0 Å². The fourth-order valence-electron chi connectivity index (χ4n) is 4.49. The molecule has 10 nitrogen and oxygen atoms in total. The fourth-order valence-corrected chi connectivity index (χ4v) is 5.19. The lowest BCUT2D eigenvalue weighted by Crippen LogP contribution is -2.35. The number of pyridine rings is 2. The molecule has 35 heavy (non-hydrogen) atoms. The van der Waals surface area contributed by atoms with Gasteiger partial charge in [0, 0.05) is 30.8 Å². The average Bonchev–Trinajstić information content (AvgIpc) is 3.21. The monoisotopic (exact) mass is 499 g/mol. The van der Waals surface area contributed by atoms with E-state index >= 15 is 0 Å². The number of ether oxygens (including phenoxy) is 1. The molecule has 12 heteroatoms. The van der Waals surface area contributed by atoms with Gasteiger partial charge < -0.3 is 25.8 Å². The molecule has 0 unspecified atom stereocenters. The van der Waals surface area contributed by atoms with Crippen LogP contribution in [0.2, 0.25) is 0 Å². The fraction of sp³-hybridized carbons (Fsp3) is 0.435. The zero-order chi connectivity index (χ0) is 24.4. The van der Waals surface area contributed by atoms with E-state index in [1.807, 2.05) is 0 Å². The minimum atomic E-state index is -0.531. The van der Waals surface area contributed by atoms with Crippen LogP contribution in [0.15, 0.2) is 29.6 Å². The number of nitrogens with zero attached hydrogens (tertiary/aromatic N) is 4. The number of amides is 1. The molecule has 1 aliphatic carbocycles. The summed E-state index contributed by atoms with van der Waals surface area (Å²) in [7, 11) is 1.51. The highest BCUT2D eigenvalue weighted by molar-refractivity contribution is 8.00. The van der Waals surface area contributed by atoms with Gasteiger partial charge in [-0.1, -0.05) is 11.8 Å². The molecule has 4 N–H and O–H groups in total. The van der Waals surface area contributed by atoms with Gasteiger partial charge in [0.2, 0.25) is 11.8 Å². The number of rotatable bonds is 8. The van der Waals surface area contributed by atoms with Crippen molar-refractivity contribution >= 4 is 34.5 Å². The number of aliphatic hydroxyl groups is 1. The van der Waals surface area contributed by atoms with Crippen molar-refractivity contribution in [2.24, 2.45) is 5.92 Å². The molecule has 184 valence electrons. The Labute approximate surface area is 205 Å². The van der Waals surface area contributed by atoms with Gasteiger partial charge in [0.05, 0.1) is 42.6 Å². The van der Waals surface area contributed by atoms with Crippen LogP contribution in [-0.4, -0.2) is 62.5 Å². The second kappa shape index (κ2) is 10.4. The van der Waals surface area contributed by atoms with Crippen molar-refractivity contribution in [2.45, 2.75) is 43.1 Å². The van der Waals surface area contributed by atoms with Crippen LogP contribution >= 0.6 is 11.8 Å². The molecular formula is C23H26FN7O3S. The number of carbonyl (C=O) groups is 1. The summed E-state index contributed by atoms with van der Waals surface area (Å²) in [6.45, 7) is 1.43. The van der Waals surface area contributed by atoms with Crippen LogP contribution in [0.3, 0.4) is 0 Å². The Balaban J connectivity index is 1.15. The van der Waals surface area contributed by atoms with Crippen LogP contribution < -0.4 is 20.7 Å². The van der Waals surface area contributed by atoms with Crippen molar-refractivity contribution in [2.75, 3.05) is 24.7 Å². The van der Waals surface area contributed by atoms with Gasteiger partial charge in [0.15, 0.2) is 5.82 Å². The Hall–Kier alpha value is -2.93. The standard InChI is InChI=1S/C23H26FN7O3S/c1-34-20-3-2-16-21(31-20)14(15(24)10-27-16)9-26-17-4-12(5-18(17)32)6-25-7-13-8-28-23-22(29-13)30-19(33)11-35-23/h2-3,8,10,12,17-18,25-26,32H,4-7,9,11H2,1H3,(H,29,30,33)/t12-,17+,18-/m1/s1. The average molecular weight is 500 g/mol. The minimum absolute atomic E-state index is 0.0741. The lowest BCUT2D eigenvalue weighted by molar-refractivity contribution is -0.113. The molecular weight excluding hydrogens is 473 g/mol. The van der Waals surface area contributed by atoms with E-state index < -0.39 is 11.9 Å². The Morgan fingerprint density at radius 1 is 1.23 bits per heavy atom. The Bertz CT molecular complexity index is 1250. The lowest BCUT2D eigenvalue weighted by atomic mass is 10.1. The third-order valence-corrected chi connectivity index (χ3v) is 7.22. The highest BCUT2D eigenvalue weighted by Crippen LogP contribution is 2.28. The van der Waals surface area contributed by atoms with Crippen LogP contribution in [0.25, 0.3) is 11.0 Å². The SMILES string of the molecule is COc1ccc2ncc(F)c(CN[C@H]3C[C@@H](CNCc4cnc5c(n4)NC(=O)CS5)C[C@H]3O)c2n1. The van der Waals surface area contributed by atoms with Crippen molar-refractivity contribution in [1.29, 1.82) is 0 Å². The molecule has 5 rings (SSSR count). The molecule has 0 radical (unpaired) electrons. The normalized spacial score (nSPS) is 21.7. The summed E-state index contributed by atoms with van der Waals surface area (Å²) in [5.74, 6) is 0.984. The van der Waals surface area contributed by atoms with E-state index in [4.69, 9.17) is 4.74 Å². The number of carbonyl (C=O) groups excluding carboxylic acids is 1. The number of hydrogen-bond donors (Lipinski definition) is 4. The highest BCUT2D eigenvalue weighted by atomic mass is 32.2. The molecule has 3 aromatic rings. The van der Waals surface area contributed by atoms with Gasteiger partial charge in [-0.05, 0) is 31.4 Å². The molecule has 3 aromatic heterocycles. The number of nitrogens with one attached hydrogen (secondary N) is 3. The maximum Gasteiger partial charge on any atom is 0.236 e. The van der Waals surface area contributed by atoms with Crippen LogP contribution in [0, 0.1) is 11.7 Å². The molecule has 2 aliphatic rings. The number of halogens is 1. The van der Waals surface area contributed by atoms with Gasteiger partial charge in [0.25, 0.3) is 0 Å². The summed E-state index contributed by atoms with van der Waals surface area (Å²) in [5, 5.41) is 20.7. The molecule has 0 spiro atoms. The number of thioether (sulfide) groups is 1.